The molecule has 10 heteroatoms. The van der Waals surface area contributed by atoms with Crippen molar-refractivity contribution < 1.29 is 28.0 Å². The lowest BCUT2D eigenvalue weighted by molar-refractivity contribution is -0.385. The molecule has 1 rings (SSSR count). The van der Waals surface area contributed by atoms with Gasteiger partial charge in [0.2, 0.25) is 5.75 Å². The molecule has 1 amide bonds. The fourth-order valence-electron chi connectivity index (χ4n) is 1.29. The molecule has 0 bridgehead atoms. The number of aromatic hydroxyl groups is 1. The predicted octanol–water partition coefficient (Wildman–Crippen LogP) is 2.28. The van der Waals surface area contributed by atoms with E-state index in [-0.39, 0.29) is 23.9 Å². The molecular formula is C10H9F3N2O4S. The average molecular weight is 310 g/mol. The third-order valence-corrected chi connectivity index (χ3v) is 2.84. The van der Waals surface area contributed by atoms with Gasteiger partial charge < -0.3 is 10.4 Å². The van der Waals surface area contributed by atoms with Gasteiger partial charge in [0, 0.05) is 18.4 Å². The topological polar surface area (TPSA) is 92.5 Å². The van der Waals surface area contributed by atoms with Crippen LogP contribution in [0.15, 0.2) is 18.2 Å². The summed E-state index contributed by atoms with van der Waals surface area (Å²) in [5.74, 6) is -2.10. The summed E-state index contributed by atoms with van der Waals surface area (Å²) in [5, 5.41) is 22.2. The second kappa shape index (κ2) is 6.46. The maximum atomic E-state index is 11.8. The molecule has 2 N–H and O–H groups in total. The number of phenolic OH excluding ortho intramolecular Hbond substituents is 1. The first-order valence-corrected chi connectivity index (χ1v) is 6.16. The molecule has 0 fully saturated rings. The number of nitrogens with one attached hydrogen (secondary N) is 1. The molecule has 0 aliphatic rings. The van der Waals surface area contributed by atoms with E-state index in [1.807, 2.05) is 0 Å². The van der Waals surface area contributed by atoms with Crippen LogP contribution in [0.25, 0.3) is 0 Å². The fraction of sp³-hybridized carbons (Fsp3) is 0.300. The van der Waals surface area contributed by atoms with Crippen LogP contribution in [0.5, 0.6) is 5.75 Å². The molecule has 0 heterocycles. The number of halogens is 3. The monoisotopic (exact) mass is 310 g/mol. The van der Waals surface area contributed by atoms with Crippen LogP contribution in [-0.2, 0) is 0 Å². The number of para-hydroxylation sites is 1. The Bertz CT molecular complexity index is 522. The predicted molar refractivity (Wildman–Crippen MR) is 65.6 cm³/mol. The number of benzene rings is 1. The number of nitro groups is 1. The van der Waals surface area contributed by atoms with Gasteiger partial charge in [0.15, 0.2) is 0 Å². The van der Waals surface area contributed by atoms with Gasteiger partial charge in [-0.15, -0.1) is 0 Å². The first-order valence-electron chi connectivity index (χ1n) is 5.17. The SMILES string of the molecule is O=C(NCCSC(F)(F)F)c1cccc([N+](=O)[O-])c1O. The molecule has 110 valence electrons. The summed E-state index contributed by atoms with van der Waals surface area (Å²) in [6, 6.07) is 3.33. The number of thioether (sulfide) groups is 1. The number of nitro benzene ring substituents is 1. The highest BCUT2D eigenvalue weighted by atomic mass is 32.2. The van der Waals surface area contributed by atoms with Crippen LogP contribution in [0.2, 0.25) is 0 Å². The van der Waals surface area contributed by atoms with E-state index in [4.69, 9.17) is 0 Å². The van der Waals surface area contributed by atoms with Crippen molar-refractivity contribution in [3.63, 3.8) is 0 Å². The van der Waals surface area contributed by atoms with Crippen molar-refractivity contribution in [2.45, 2.75) is 5.51 Å². The van der Waals surface area contributed by atoms with Gasteiger partial charge in [-0.25, -0.2) is 0 Å². The maximum absolute atomic E-state index is 11.8. The lowest BCUT2D eigenvalue weighted by Gasteiger charge is -2.08. The Morgan fingerprint density at radius 2 is 2.10 bits per heavy atom. The van der Waals surface area contributed by atoms with Crippen molar-refractivity contribution in [2.24, 2.45) is 0 Å². The molecule has 0 aromatic heterocycles. The number of hydrogen-bond donors (Lipinski definition) is 2. The smallest absolute Gasteiger partial charge is 0.441 e. The molecule has 20 heavy (non-hydrogen) atoms. The van der Waals surface area contributed by atoms with Gasteiger partial charge >= 0.3 is 11.2 Å². The Balaban J connectivity index is 2.65. The number of amides is 1. The van der Waals surface area contributed by atoms with E-state index in [0.29, 0.717) is 0 Å². The third kappa shape index (κ3) is 4.61. The lowest BCUT2D eigenvalue weighted by atomic mass is 10.1. The van der Waals surface area contributed by atoms with Crippen molar-refractivity contribution in [3.8, 4) is 5.75 Å². The van der Waals surface area contributed by atoms with Crippen molar-refractivity contribution in [1.29, 1.82) is 0 Å². The zero-order valence-electron chi connectivity index (χ0n) is 9.81. The van der Waals surface area contributed by atoms with E-state index in [2.05, 4.69) is 5.32 Å². The Labute approximate surface area is 115 Å². The molecule has 0 atom stereocenters. The number of carbonyl (C=O) groups is 1. The maximum Gasteiger partial charge on any atom is 0.441 e. The van der Waals surface area contributed by atoms with Gasteiger partial charge in [0.05, 0.1) is 10.5 Å². The van der Waals surface area contributed by atoms with E-state index in [9.17, 15) is 33.2 Å². The zero-order valence-corrected chi connectivity index (χ0v) is 10.6. The Kier molecular flexibility index (Phi) is 5.19. The lowest BCUT2D eigenvalue weighted by Crippen LogP contribution is -2.26. The van der Waals surface area contributed by atoms with Crippen molar-refractivity contribution in [1.82, 2.24) is 5.32 Å². The highest BCUT2D eigenvalue weighted by molar-refractivity contribution is 8.00. The molecule has 0 radical (unpaired) electrons. The van der Waals surface area contributed by atoms with Crippen LogP contribution < -0.4 is 5.32 Å². The second-order valence-electron chi connectivity index (χ2n) is 3.48. The Morgan fingerprint density at radius 3 is 2.65 bits per heavy atom. The van der Waals surface area contributed by atoms with Crippen LogP contribution in [-0.4, -0.2) is 33.7 Å². The Morgan fingerprint density at radius 1 is 1.45 bits per heavy atom. The summed E-state index contributed by atoms with van der Waals surface area (Å²) >= 11 is -0.302. The summed E-state index contributed by atoms with van der Waals surface area (Å²) in [6.07, 6.45) is 0. The van der Waals surface area contributed by atoms with E-state index in [1.165, 1.54) is 6.07 Å². The highest BCUT2D eigenvalue weighted by Crippen LogP contribution is 2.30. The van der Waals surface area contributed by atoms with Crippen molar-refractivity contribution >= 4 is 23.4 Å². The third-order valence-electron chi connectivity index (χ3n) is 2.11. The number of phenols is 1. The van der Waals surface area contributed by atoms with Crippen LogP contribution in [0.3, 0.4) is 0 Å². The van der Waals surface area contributed by atoms with Crippen molar-refractivity contribution in [2.75, 3.05) is 12.3 Å². The highest BCUT2D eigenvalue weighted by Gasteiger charge is 2.27. The molecule has 0 spiro atoms. The number of carbonyl (C=O) groups excluding carboxylic acids is 1. The summed E-state index contributed by atoms with van der Waals surface area (Å²) in [6.45, 7) is -0.287. The number of nitrogens with zero attached hydrogens (tertiary/aromatic N) is 1. The van der Waals surface area contributed by atoms with Crippen LogP contribution in [0, 0.1) is 10.1 Å². The minimum Gasteiger partial charge on any atom is -0.502 e. The van der Waals surface area contributed by atoms with E-state index >= 15 is 0 Å². The second-order valence-corrected chi connectivity index (χ2v) is 4.64. The normalized spacial score (nSPS) is 11.2. The summed E-state index contributed by atoms with van der Waals surface area (Å²) in [4.78, 5) is 21.3. The van der Waals surface area contributed by atoms with Crippen molar-refractivity contribution in [3.05, 3.63) is 33.9 Å². The molecule has 1 aromatic rings. The standard InChI is InChI=1S/C10H9F3N2O4S/c11-10(12,13)20-5-4-14-9(17)6-2-1-3-7(8(6)16)15(18)19/h1-3,16H,4-5H2,(H,14,17). The number of hydrogen-bond acceptors (Lipinski definition) is 5. The molecule has 6 nitrogen and oxygen atoms in total. The zero-order chi connectivity index (χ0) is 15.3. The first-order chi connectivity index (χ1) is 9.22. The average Bonchev–Trinajstić information content (AvgIpc) is 2.33. The van der Waals surface area contributed by atoms with E-state index in [0.717, 1.165) is 12.1 Å². The number of alkyl halides is 3. The van der Waals surface area contributed by atoms with Gasteiger partial charge in [-0.3, -0.25) is 14.9 Å². The number of rotatable bonds is 5. The molecular weight excluding hydrogens is 301 g/mol. The fourth-order valence-corrected chi connectivity index (χ4v) is 1.72. The quantitative estimate of drug-likeness (QED) is 0.494. The molecule has 0 unspecified atom stereocenters. The van der Waals surface area contributed by atoms with Crippen LogP contribution in [0.1, 0.15) is 10.4 Å². The summed E-state index contributed by atoms with van der Waals surface area (Å²) in [5.41, 5.74) is -5.41. The molecule has 0 saturated carbocycles. The van der Waals surface area contributed by atoms with Gasteiger partial charge in [-0.05, 0) is 17.8 Å². The minimum atomic E-state index is -4.39. The van der Waals surface area contributed by atoms with Crippen LogP contribution >= 0.6 is 11.8 Å². The van der Waals surface area contributed by atoms with E-state index < -0.39 is 33.5 Å². The molecule has 0 saturated heterocycles. The molecule has 1 aromatic carbocycles. The minimum absolute atomic E-state index is 0.287. The van der Waals surface area contributed by atoms with Gasteiger partial charge in [-0.2, -0.15) is 13.2 Å². The molecule has 0 aliphatic heterocycles. The Hall–Kier alpha value is -1.97. The summed E-state index contributed by atoms with van der Waals surface area (Å²) < 4.78 is 35.5. The summed E-state index contributed by atoms with van der Waals surface area (Å²) in [7, 11) is 0. The van der Waals surface area contributed by atoms with Gasteiger partial charge in [0.1, 0.15) is 0 Å². The van der Waals surface area contributed by atoms with Gasteiger partial charge in [-0.1, -0.05) is 6.07 Å². The van der Waals surface area contributed by atoms with E-state index in [1.54, 1.807) is 0 Å². The molecule has 0 aliphatic carbocycles. The van der Waals surface area contributed by atoms with Crippen LogP contribution in [0.4, 0.5) is 18.9 Å². The first kappa shape index (κ1) is 16.1. The largest absolute Gasteiger partial charge is 0.502 e. The van der Waals surface area contributed by atoms with Gasteiger partial charge in [0.25, 0.3) is 5.91 Å².